The van der Waals surface area contributed by atoms with Crippen LogP contribution in [0.1, 0.15) is 17.3 Å². The third-order valence-electron chi connectivity index (χ3n) is 2.45. The molecule has 21 heavy (non-hydrogen) atoms. The second-order valence-electron chi connectivity index (χ2n) is 3.73. The number of pyridine rings is 1. The molecule has 10 nitrogen and oxygen atoms in total. The SMILES string of the molecule is CCOC(=O)c1cn(O)c(=O)c2cnc(/N=C/NO)nc12. The normalized spacial score (nSPS) is 11.0. The van der Waals surface area contributed by atoms with Crippen LogP contribution >= 0.6 is 0 Å². The fourth-order valence-corrected chi connectivity index (χ4v) is 1.61. The molecule has 0 saturated heterocycles. The molecule has 0 saturated carbocycles. The average molecular weight is 293 g/mol. The van der Waals surface area contributed by atoms with Crippen molar-refractivity contribution in [1.82, 2.24) is 20.2 Å². The van der Waals surface area contributed by atoms with Crippen molar-refractivity contribution in [2.24, 2.45) is 4.99 Å². The lowest BCUT2D eigenvalue weighted by atomic mass is 10.2. The number of hydrogen-bond acceptors (Lipinski definition) is 8. The van der Waals surface area contributed by atoms with Crippen LogP contribution in [0.25, 0.3) is 10.9 Å². The smallest absolute Gasteiger partial charge is 0.341 e. The van der Waals surface area contributed by atoms with Gasteiger partial charge in [-0.1, -0.05) is 0 Å². The van der Waals surface area contributed by atoms with Crippen LogP contribution in [0.15, 0.2) is 22.2 Å². The molecule has 0 atom stereocenters. The minimum absolute atomic E-state index is 0.0103. The minimum Gasteiger partial charge on any atom is -0.462 e. The summed E-state index contributed by atoms with van der Waals surface area (Å²) in [5.41, 5.74) is 0.773. The van der Waals surface area contributed by atoms with Crippen LogP contribution < -0.4 is 11.0 Å². The van der Waals surface area contributed by atoms with Gasteiger partial charge < -0.3 is 9.94 Å². The van der Waals surface area contributed by atoms with Gasteiger partial charge in [0.1, 0.15) is 11.9 Å². The molecular weight excluding hydrogens is 282 g/mol. The van der Waals surface area contributed by atoms with Gasteiger partial charge >= 0.3 is 5.97 Å². The Labute approximate surface area is 117 Å². The molecule has 2 aromatic heterocycles. The van der Waals surface area contributed by atoms with Crippen molar-refractivity contribution < 1.29 is 19.9 Å². The van der Waals surface area contributed by atoms with Crippen molar-refractivity contribution in [3.63, 3.8) is 0 Å². The first-order valence-electron chi connectivity index (χ1n) is 5.79. The number of ether oxygens (including phenoxy) is 1. The summed E-state index contributed by atoms with van der Waals surface area (Å²) in [5.74, 6) is -0.844. The highest BCUT2D eigenvalue weighted by Crippen LogP contribution is 2.16. The largest absolute Gasteiger partial charge is 0.462 e. The van der Waals surface area contributed by atoms with Gasteiger partial charge in [0.25, 0.3) is 11.5 Å². The molecule has 10 heteroatoms. The van der Waals surface area contributed by atoms with Gasteiger partial charge in [0.15, 0.2) is 0 Å². The summed E-state index contributed by atoms with van der Waals surface area (Å²) in [4.78, 5) is 35.0. The van der Waals surface area contributed by atoms with E-state index in [1.807, 2.05) is 0 Å². The number of aliphatic imine (C=N–C) groups is 1. The fraction of sp³-hybridized carbons (Fsp3) is 0.182. The van der Waals surface area contributed by atoms with Gasteiger partial charge in [-0.05, 0) is 6.92 Å². The number of nitrogens with one attached hydrogen (secondary N) is 1. The van der Waals surface area contributed by atoms with Gasteiger partial charge in [-0.25, -0.2) is 14.8 Å². The number of carbonyl (C=O) groups is 1. The Morgan fingerprint density at radius 2 is 2.38 bits per heavy atom. The summed E-state index contributed by atoms with van der Waals surface area (Å²) >= 11 is 0. The monoisotopic (exact) mass is 293 g/mol. The molecule has 2 rings (SSSR count). The summed E-state index contributed by atoms with van der Waals surface area (Å²) in [6, 6.07) is 0. The van der Waals surface area contributed by atoms with Crippen LogP contribution in [0.2, 0.25) is 0 Å². The van der Waals surface area contributed by atoms with Gasteiger partial charge in [-0.2, -0.15) is 9.72 Å². The molecule has 0 aliphatic heterocycles. The predicted molar refractivity (Wildman–Crippen MR) is 70.0 cm³/mol. The van der Waals surface area contributed by atoms with Crippen LogP contribution in [-0.2, 0) is 4.74 Å². The number of hydroxylamine groups is 1. The number of rotatable bonds is 4. The molecule has 0 unspecified atom stereocenters. The van der Waals surface area contributed by atoms with Gasteiger partial charge in [0, 0.05) is 6.20 Å². The van der Waals surface area contributed by atoms with Crippen LogP contribution in [0.3, 0.4) is 0 Å². The summed E-state index contributed by atoms with van der Waals surface area (Å²) in [6.45, 7) is 1.74. The third kappa shape index (κ3) is 2.79. The van der Waals surface area contributed by atoms with E-state index >= 15 is 0 Å². The number of fused-ring (bicyclic) bond motifs is 1. The van der Waals surface area contributed by atoms with Gasteiger partial charge in [0.2, 0.25) is 0 Å². The Hall–Kier alpha value is -3.01. The van der Waals surface area contributed by atoms with Crippen molar-refractivity contribution >= 4 is 29.2 Å². The zero-order chi connectivity index (χ0) is 15.4. The third-order valence-corrected chi connectivity index (χ3v) is 2.45. The van der Waals surface area contributed by atoms with Gasteiger partial charge in [-0.15, -0.1) is 0 Å². The standard InChI is InChI=1S/C11H11N5O5/c1-2-21-10(18)7-4-16(20)9(17)6-3-12-11(13-5-14-19)15-8(6)7/h3-5,19-20H,2H2,1H3,(H,12,13,14,15). The maximum absolute atomic E-state index is 11.8. The molecule has 110 valence electrons. The fourth-order valence-electron chi connectivity index (χ4n) is 1.61. The Morgan fingerprint density at radius 1 is 1.62 bits per heavy atom. The van der Waals surface area contributed by atoms with Crippen molar-refractivity contribution in [2.45, 2.75) is 6.92 Å². The first-order chi connectivity index (χ1) is 10.1. The Bertz CT molecular complexity index is 769. The van der Waals surface area contributed by atoms with E-state index in [0.717, 1.165) is 18.7 Å². The molecule has 0 bridgehead atoms. The Kier molecular flexibility index (Phi) is 4.09. The van der Waals surface area contributed by atoms with Crippen LogP contribution in [0, 0.1) is 0 Å². The first kappa shape index (κ1) is 14.4. The highest BCUT2D eigenvalue weighted by atomic mass is 16.5. The first-order valence-corrected chi connectivity index (χ1v) is 5.79. The lowest BCUT2D eigenvalue weighted by molar-refractivity contribution is 0.0523. The van der Waals surface area contributed by atoms with Crippen LogP contribution in [0.5, 0.6) is 0 Å². The summed E-state index contributed by atoms with van der Waals surface area (Å²) < 4.78 is 5.10. The number of hydrogen-bond donors (Lipinski definition) is 3. The quantitative estimate of drug-likeness (QED) is 0.232. The van der Waals surface area contributed by atoms with E-state index in [0.29, 0.717) is 0 Å². The summed E-state index contributed by atoms with van der Waals surface area (Å²) in [5, 5.41) is 17.8. The Morgan fingerprint density at radius 3 is 3.05 bits per heavy atom. The van der Waals surface area contributed by atoms with E-state index in [2.05, 4.69) is 15.0 Å². The van der Waals surface area contributed by atoms with Gasteiger partial charge in [0.05, 0.1) is 23.7 Å². The topological polar surface area (TPSA) is 139 Å². The zero-order valence-electron chi connectivity index (χ0n) is 10.8. The maximum Gasteiger partial charge on any atom is 0.341 e. The van der Waals surface area contributed by atoms with Crippen LogP contribution in [0.4, 0.5) is 5.95 Å². The lowest BCUT2D eigenvalue weighted by Gasteiger charge is -2.07. The molecule has 0 spiro atoms. The molecule has 0 fully saturated rings. The van der Waals surface area contributed by atoms with E-state index in [1.54, 1.807) is 12.4 Å². The second kappa shape index (κ2) is 5.96. The number of aromatic nitrogens is 3. The maximum atomic E-state index is 11.8. The summed E-state index contributed by atoms with van der Waals surface area (Å²) in [7, 11) is 0. The van der Waals surface area contributed by atoms with Crippen molar-refractivity contribution in [3.05, 3.63) is 28.3 Å². The molecule has 0 amide bonds. The molecule has 2 heterocycles. The average Bonchev–Trinajstić information content (AvgIpc) is 2.48. The number of nitrogens with zero attached hydrogens (tertiary/aromatic N) is 4. The van der Waals surface area contributed by atoms with Crippen LogP contribution in [-0.4, -0.2) is 44.0 Å². The van der Waals surface area contributed by atoms with E-state index < -0.39 is 11.5 Å². The molecule has 0 aliphatic rings. The van der Waals surface area contributed by atoms with Crippen molar-refractivity contribution in [2.75, 3.05) is 6.61 Å². The van der Waals surface area contributed by atoms with E-state index in [-0.39, 0.29) is 33.8 Å². The number of esters is 1. The lowest BCUT2D eigenvalue weighted by Crippen LogP contribution is -2.21. The van der Waals surface area contributed by atoms with Gasteiger partial charge in [-0.3, -0.25) is 15.5 Å². The van der Waals surface area contributed by atoms with Crippen molar-refractivity contribution in [3.8, 4) is 0 Å². The Balaban J connectivity index is 2.71. The number of carbonyl (C=O) groups excluding carboxylic acids is 1. The molecule has 0 aromatic carbocycles. The summed E-state index contributed by atoms with van der Waals surface area (Å²) in [6.07, 6.45) is 2.94. The molecule has 2 aromatic rings. The van der Waals surface area contributed by atoms with E-state index in [1.165, 1.54) is 0 Å². The predicted octanol–water partition coefficient (Wildman–Crippen LogP) is -0.156. The molecule has 3 N–H and O–H groups in total. The zero-order valence-corrected chi connectivity index (χ0v) is 10.8. The van der Waals surface area contributed by atoms with Crippen molar-refractivity contribution in [1.29, 1.82) is 0 Å². The van der Waals surface area contributed by atoms with E-state index in [4.69, 9.17) is 9.94 Å². The highest BCUT2D eigenvalue weighted by molar-refractivity contribution is 6.02. The second-order valence-corrected chi connectivity index (χ2v) is 3.73. The molecule has 0 aliphatic carbocycles. The van der Waals surface area contributed by atoms with E-state index in [9.17, 15) is 14.8 Å². The molecular formula is C11H11N5O5. The highest BCUT2D eigenvalue weighted by Gasteiger charge is 2.18. The minimum atomic E-state index is -0.783. The molecule has 0 radical (unpaired) electrons.